The number of ether oxygens (including phenoxy) is 1. The van der Waals surface area contributed by atoms with Crippen LogP contribution in [0.2, 0.25) is 0 Å². The van der Waals surface area contributed by atoms with Crippen molar-refractivity contribution in [3.63, 3.8) is 0 Å². The van der Waals surface area contributed by atoms with Crippen LogP contribution in [-0.2, 0) is 6.42 Å². The largest absolute Gasteiger partial charge is 0.455 e. The monoisotopic (exact) mass is 227 g/mol. The molecule has 0 bridgehead atoms. The van der Waals surface area contributed by atoms with Crippen molar-refractivity contribution in [3.05, 3.63) is 53.6 Å². The number of benzene rings is 2. The summed E-state index contributed by atoms with van der Waals surface area (Å²) in [5.74, 6) is 1.56. The Kier molecular flexibility index (Phi) is 3.33. The molecule has 0 amide bonds. The Hall–Kier alpha value is -1.96. The molecule has 2 rings (SSSR count). The summed E-state index contributed by atoms with van der Waals surface area (Å²) in [7, 11) is 0. The number of nitrogens with two attached hydrogens (primary N) is 1. The predicted octanol–water partition coefficient (Wildman–Crippen LogP) is 3.93. The number of anilines is 1. The zero-order valence-corrected chi connectivity index (χ0v) is 10.2. The zero-order valence-electron chi connectivity index (χ0n) is 10.2. The summed E-state index contributed by atoms with van der Waals surface area (Å²) in [6.07, 6.45) is 1.00. The molecule has 2 aromatic carbocycles. The van der Waals surface area contributed by atoms with E-state index in [9.17, 15) is 0 Å². The summed E-state index contributed by atoms with van der Waals surface area (Å²) in [5.41, 5.74) is 8.94. The van der Waals surface area contributed by atoms with Crippen molar-refractivity contribution in [1.82, 2.24) is 0 Å². The smallest absolute Gasteiger partial charge is 0.150 e. The number of hydrogen-bond acceptors (Lipinski definition) is 2. The molecular formula is C15H17NO. The highest BCUT2D eigenvalue weighted by molar-refractivity contribution is 5.55. The molecular weight excluding hydrogens is 210 g/mol. The molecule has 2 N–H and O–H groups in total. The van der Waals surface area contributed by atoms with E-state index in [0.717, 1.165) is 23.5 Å². The van der Waals surface area contributed by atoms with Gasteiger partial charge in [-0.15, -0.1) is 0 Å². The normalized spacial score (nSPS) is 10.2. The first-order valence-electron chi connectivity index (χ1n) is 5.82. The molecule has 2 aromatic rings. The molecule has 0 aromatic heterocycles. The van der Waals surface area contributed by atoms with Gasteiger partial charge in [-0.3, -0.25) is 0 Å². The highest BCUT2D eigenvalue weighted by Gasteiger charge is 2.02. The Morgan fingerprint density at radius 2 is 1.94 bits per heavy atom. The van der Waals surface area contributed by atoms with E-state index in [0.29, 0.717) is 5.69 Å². The summed E-state index contributed by atoms with van der Waals surface area (Å²) in [6, 6.07) is 13.9. The van der Waals surface area contributed by atoms with Gasteiger partial charge in [0, 0.05) is 0 Å². The van der Waals surface area contributed by atoms with Crippen LogP contribution in [0.5, 0.6) is 11.5 Å². The lowest BCUT2D eigenvalue weighted by Gasteiger charge is -2.10. The number of nitrogen functional groups attached to an aromatic ring is 1. The van der Waals surface area contributed by atoms with Gasteiger partial charge in [-0.05, 0) is 48.7 Å². The van der Waals surface area contributed by atoms with Crippen LogP contribution in [0.3, 0.4) is 0 Å². The second-order valence-electron chi connectivity index (χ2n) is 4.14. The fraction of sp³-hybridized carbons (Fsp3) is 0.200. The second kappa shape index (κ2) is 4.91. The van der Waals surface area contributed by atoms with E-state index in [2.05, 4.69) is 13.0 Å². The van der Waals surface area contributed by atoms with Gasteiger partial charge in [0.2, 0.25) is 0 Å². The Balaban J connectivity index is 2.27. The summed E-state index contributed by atoms with van der Waals surface area (Å²) in [6.45, 7) is 4.15. The van der Waals surface area contributed by atoms with Crippen LogP contribution >= 0.6 is 0 Å². The van der Waals surface area contributed by atoms with Crippen LogP contribution in [-0.4, -0.2) is 0 Å². The third-order valence-corrected chi connectivity index (χ3v) is 2.70. The van der Waals surface area contributed by atoms with Gasteiger partial charge in [-0.1, -0.05) is 25.1 Å². The fourth-order valence-corrected chi connectivity index (χ4v) is 1.69. The molecule has 2 nitrogen and oxygen atoms in total. The SMILES string of the molecule is CCc1cccc(Oc2cc(C)ccc2N)c1. The number of rotatable bonds is 3. The molecule has 0 saturated carbocycles. The lowest BCUT2D eigenvalue weighted by atomic mass is 10.1. The van der Waals surface area contributed by atoms with Crippen LogP contribution in [0.4, 0.5) is 5.69 Å². The summed E-state index contributed by atoms with van der Waals surface area (Å²) >= 11 is 0. The van der Waals surface area contributed by atoms with E-state index in [4.69, 9.17) is 10.5 Å². The van der Waals surface area contributed by atoms with Crippen molar-refractivity contribution in [2.24, 2.45) is 0 Å². The van der Waals surface area contributed by atoms with E-state index in [1.165, 1.54) is 5.56 Å². The van der Waals surface area contributed by atoms with Gasteiger partial charge < -0.3 is 10.5 Å². The van der Waals surface area contributed by atoms with E-state index in [1.54, 1.807) is 0 Å². The van der Waals surface area contributed by atoms with Crippen molar-refractivity contribution >= 4 is 5.69 Å². The predicted molar refractivity (Wildman–Crippen MR) is 71.5 cm³/mol. The maximum absolute atomic E-state index is 5.88. The van der Waals surface area contributed by atoms with Gasteiger partial charge in [0.05, 0.1) is 5.69 Å². The molecule has 17 heavy (non-hydrogen) atoms. The molecule has 0 saturated heterocycles. The third-order valence-electron chi connectivity index (χ3n) is 2.70. The van der Waals surface area contributed by atoms with E-state index in [-0.39, 0.29) is 0 Å². The molecule has 0 fully saturated rings. The van der Waals surface area contributed by atoms with Crippen molar-refractivity contribution in [1.29, 1.82) is 0 Å². The van der Waals surface area contributed by atoms with Crippen molar-refractivity contribution in [2.75, 3.05) is 5.73 Å². The van der Waals surface area contributed by atoms with Crippen molar-refractivity contribution in [3.8, 4) is 11.5 Å². The van der Waals surface area contributed by atoms with Crippen LogP contribution in [0.25, 0.3) is 0 Å². The topological polar surface area (TPSA) is 35.2 Å². The van der Waals surface area contributed by atoms with Gasteiger partial charge in [-0.2, -0.15) is 0 Å². The Labute approximate surface area is 102 Å². The first kappa shape index (κ1) is 11.5. The van der Waals surface area contributed by atoms with Gasteiger partial charge in [0.15, 0.2) is 5.75 Å². The Morgan fingerprint density at radius 1 is 1.12 bits per heavy atom. The maximum atomic E-state index is 5.88. The van der Waals surface area contributed by atoms with E-state index in [1.807, 2.05) is 43.3 Å². The highest BCUT2D eigenvalue weighted by Crippen LogP contribution is 2.28. The molecule has 2 heteroatoms. The minimum Gasteiger partial charge on any atom is -0.455 e. The zero-order chi connectivity index (χ0) is 12.3. The third kappa shape index (κ3) is 2.78. The number of aryl methyl sites for hydroxylation is 2. The van der Waals surface area contributed by atoms with Crippen LogP contribution < -0.4 is 10.5 Å². The molecule has 0 aliphatic rings. The highest BCUT2D eigenvalue weighted by atomic mass is 16.5. The van der Waals surface area contributed by atoms with Gasteiger partial charge in [0.25, 0.3) is 0 Å². The van der Waals surface area contributed by atoms with Crippen molar-refractivity contribution < 1.29 is 4.74 Å². The average molecular weight is 227 g/mol. The Bertz CT molecular complexity index is 520. The second-order valence-corrected chi connectivity index (χ2v) is 4.14. The van der Waals surface area contributed by atoms with Crippen LogP contribution in [0.15, 0.2) is 42.5 Å². The van der Waals surface area contributed by atoms with Crippen LogP contribution in [0.1, 0.15) is 18.1 Å². The molecule has 0 aliphatic heterocycles. The first-order valence-corrected chi connectivity index (χ1v) is 5.82. The molecule has 0 atom stereocenters. The molecule has 88 valence electrons. The molecule has 0 spiro atoms. The average Bonchev–Trinajstić information content (AvgIpc) is 2.34. The molecule has 0 aliphatic carbocycles. The quantitative estimate of drug-likeness (QED) is 0.806. The van der Waals surface area contributed by atoms with Gasteiger partial charge >= 0.3 is 0 Å². The first-order chi connectivity index (χ1) is 8.19. The standard InChI is InChI=1S/C15H17NO/c1-3-12-5-4-6-13(10-12)17-15-9-11(2)7-8-14(15)16/h4-10H,3,16H2,1-2H3. The maximum Gasteiger partial charge on any atom is 0.150 e. The minimum absolute atomic E-state index is 0.664. The lowest BCUT2D eigenvalue weighted by molar-refractivity contribution is 0.484. The molecule has 0 radical (unpaired) electrons. The Morgan fingerprint density at radius 3 is 2.71 bits per heavy atom. The summed E-state index contributed by atoms with van der Waals surface area (Å²) in [5, 5.41) is 0. The van der Waals surface area contributed by atoms with Crippen LogP contribution in [0, 0.1) is 6.92 Å². The fourth-order valence-electron chi connectivity index (χ4n) is 1.69. The van der Waals surface area contributed by atoms with Crippen molar-refractivity contribution in [2.45, 2.75) is 20.3 Å². The summed E-state index contributed by atoms with van der Waals surface area (Å²) in [4.78, 5) is 0. The molecule has 0 heterocycles. The number of hydrogen-bond donors (Lipinski definition) is 1. The van der Waals surface area contributed by atoms with Gasteiger partial charge in [0.1, 0.15) is 5.75 Å². The van der Waals surface area contributed by atoms with E-state index < -0.39 is 0 Å². The summed E-state index contributed by atoms with van der Waals surface area (Å²) < 4.78 is 5.81. The minimum atomic E-state index is 0.664. The lowest BCUT2D eigenvalue weighted by Crippen LogP contribution is -1.93. The van der Waals surface area contributed by atoms with E-state index >= 15 is 0 Å². The van der Waals surface area contributed by atoms with Gasteiger partial charge in [-0.25, -0.2) is 0 Å². The molecule has 0 unspecified atom stereocenters.